The molecule has 4 heteroatoms. The van der Waals surface area contributed by atoms with E-state index in [2.05, 4.69) is 0 Å². The molecule has 0 saturated carbocycles. The molecule has 0 spiro atoms. The normalized spacial score (nSPS) is 20.6. The Bertz CT molecular complexity index is 630. The van der Waals surface area contributed by atoms with Crippen molar-refractivity contribution in [3.63, 3.8) is 0 Å². The summed E-state index contributed by atoms with van der Waals surface area (Å²) in [6, 6.07) is 11.9. The Morgan fingerprint density at radius 2 is 2.00 bits per heavy atom. The third-order valence-electron chi connectivity index (χ3n) is 3.65. The maximum atomic E-state index is 13.6. The fourth-order valence-corrected chi connectivity index (χ4v) is 2.56. The van der Waals surface area contributed by atoms with Crippen LogP contribution in [-0.4, -0.2) is 13.2 Å². The highest BCUT2D eigenvalue weighted by molar-refractivity contribution is 5.42. The molecule has 0 saturated heterocycles. The second-order valence-corrected chi connectivity index (χ2v) is 4.88. The predicted molar refractivity (Wildman–Crippen MR) is 74.4 cm³/mol. The van der Waals surface area contributed by atoms with Crippen molar-refractivity contribution >= 4 is 0 Å². The predicted octanol–water partition coefficient (Wildman–Crippen LogP) is 2.84. The molecule has 3 nitrogen and oxygen atoms in total. The fraction of sp³-hybridized carbons (Fsp3) is 0.250. The Hall–Kier alpha value is -2.07. The zero-order chi connectivity index (χ0) is 14.1. The van der Waals surface area contributed by atoms with Crippen molar-refractivity contribution in [2.75, 3.05) is 7.11 Å². The van der Waals surface area contributed by atoms with Gasteiger partial charge in [0.1, 0.15) is 11.9 Å². The number of nitrogens with two attached hydrogens (primary N) is 1. The zero-order valence-electron chi connectivity index (χ0n) is 11.2. The molecule has 0 aromatic heterocycles. The van der Waals surface area contributed by atoms with Crippen molar-refractivity contribution in [1.29, 1.82) is 0 Å². The lowest BCUT2D eigenvalue weighted by atomic mass is 10.1. The van der Waals surface area contributed by atoms with Crippen molar-refractivity contribution in [1.82, 2.24) is 0 Å². The van der Waals surface area contributed by atoms with E-state index in [0.717, 1.165) is 16.9 Å². The Labute approximate surface area is 117 Å². The van der Waals surface area contributed by atoms with Gasteiger partial charge in [-0.2, -0.15) is 0 Å². The molecule has 2 aromatic rings. The first-order chi connectivity index (χ1) is 9.69. The van der Waals surface area contributed by atoms with E-state index in [0.29, 0.717) is 6.42 Å². The lowest BCUT2D eigenvalue weighted by molar-refractivity contribution is 0.177. The molecule has 20 heavy (non-hydrogen) atoms. The maximum Gasteiger partial charge on any atom is 0.165 e. The standard InChI is InChI=1S/C16H16FNO2/c1-19-11-7-6-10-8-15(16(18)12(10)9-11)20-14-5-3-2-4-13(14)17/h2-7,9,15-16H,8,18H2,1H3. The van der Waals surface area contributed by atoms with E-state index < -0.39 is 0 Å². The van der Waals surface area contributed by atoms with Gasteiger partial charge in [-0.05, 0) is 35.4 Å². The van der Waals surface area contributed by atoms with Crippen LogP contribution in [0.2, 0.25) is 0 Å². The molecule has 2 N–H and O–H groups in total. The number of hydrogen-bond acceptors (Lipinski definition) is 3. The zero-order valence-corrected chi connectivity index (χ0v) is 11.2. The summed E-state index contributed by atoms with van der Waals surface area (Å²) in [6.07, 6.45) is 0.420. The number of benzene rings is 2. The first-order valence-electron chi connectivity index (χ1n) is 6.52. The van der Waals surface area contributed by atoms with Crippen LogP contribution in [0.1, 0.15) is 17.2 Å². The summed E-state index contributed by atoms with van der Waals surface area (Å²) < 4.78 is 24.6. The van der Waals surface area contributed by atoms with Crippen molar-refractivity contribution in [3.8, 4) is 11.5 Å². The number of para-hydroxylation sites is 1. The summed E-state index contributed by atoms with van der Waals surface area (Å²) in [7, 11) is 1.62. The molecule has 0 amide bonds. The third kappa shape index (κ3) is 2.23. The van der Waals surface area contributed by atoms with Crippen LogP contribution >= 0.6 is 0 Å². The summed E-state index contributed by atoms with van der Waals surface area (Å²) >= 11 is 0. The average Bonchev–Trinajstić information content (AvgIpc) is 2.77. The minimum atomic E-state index is -0.367. The van der Waals surface area contributed by atoms with Gasteiger partial charge in [0.15, 0.2) is 11.6 Å². The van der Waals surface area contributed by atoms with Gasteiger partial charge in [-0.15, -0.1) is 0 Å². The summed E-state index contributed by atoms with van der Waals surface area (Å²) in [5, 5.41) is 0. The largest absolute Gasteiger partial charge is 0.497 e. The van der Waals surface area contributed by atoms with Gasteiger partial charge >= 0.3 is 0 Å². The topological polar surface area (TPSA) is 44.5 Å². The highest BCUT2D eigenvalue weighted by Crippen LogP contribution is 2.35. The molecular weight excluding hydrogens is 257 g/mol. The molecule has 0 aliphatic heterocycles. The Morgan fingerprint density at radius 3 is 2.75 bits per heavy atom. The monoisotopic (exact) mass is 273 g/mol. The fourth-order valence-electron chi connectivity index (χ4n) is 2.56. The Morgan fingerprint density at radius 1 is 1.20 bits per heavy atom. The number of ether oxygens (including phenoxy) is 2. The minimum absolute atomic E-state index is 0.243. The lowest BCUT2D eigenvalue weighted by Gasteiger charge is -2.18. The van der Waals surface area contributed by atoms with Crippen LogP contribution < -0.4 is 15.2 Å². The van der Waals surface area contributed by atoms with Crippen molar-refractivity contribution in [2.45, 2.75) is 18.6 Å². The molecule has 0 fully saturated rings. The van der Waals surface area contributed by atoms with Crippen LogP contribution in [0.5, 0.6) is 11.5 Å². The van der Waals surface area contributed by atoms with Crippen LogP contribution in [0.3, 0.4) is 0 Å². The molecule has 2 atom stereocenters. The molecule has 0 bridgehead atoms. The van der Waals surface area contributed by atoms with E-state index >= 15 is 0 Å². The van der Waals surface area contributed by atoms with Crippen molar-refractivity contribution < 1.29 is 13.9 Å². The van der Waals surface area contributed by atoms with E-state index in [9.17, 15) is 4.39 Å². The third-order valence-corrected chi connectivity index (χ3v) is 3.65. The summed E-state index contributed by atoms with van der Waals surface area (Å²) in [4.78, 5) is 0. The SMILES string of the molecule is COc1ccc2c(c1)C(N)C(Oc1ccccc1F)C2. The number of hydrogen-bond donors (Lipinski definition) is 1. The smallest absolute Gasteiger partial charge is 0.165 e. The van der Waals surface area contributed by atoms with Gasteiger partial charge in [0.2, 0.25) is 0 Å². The van der Waals surface area contributed by atoms with E-state index in [1.165, 1.54) is 6.07 Å². The van der Waals surface area contributed by atoms with Gasteiger partial charge < -0.3 is 15.2 Å². The average molecular weight is 273 g/mol. The van der Waals surface area contributed by atoms with Gasteiger partial charge in [-0.1, -0.05) is 18.2 Å². The van der Waals surface area contributed by atoms with Gasteiger partial charge in [-0.3, -0.25) is 0 Å². The highest BCUT2D eigenvalue weighted by Gasteiger charge is 2.32. The van der Waals surface area contributed by atoms with Gasteiger partial charge in [-0.25, -0.2) is 4.39 Å². The number of methoxy groups -OCH3 is 1. The van der Waals surface area contributed by atoms with Crippen LogP contribution in [-0.2, 0) is 6.42 Å². The molecule has 0 heterocycles. The molecular formula is C16H16FNO2. The Kier molecular flexibility index (Phi) is 3.32. The molecule has 2 aromatic carbocycles. The van der Waals surface area contributed by atoms with E-state index in [-0.39, 0.29) is 23.7 Å². The van der Waals surface area contributed by atoms with Crippen LogP contribution in [0, 0.1) is 5.82 Å². The van der Waals surface area contributed by atoms with E-state index in [1.54, 1.807) is 25.3 Å². The Balaban J connectivity index is 1.83. The van der Waals surface area contributed by atoms with Crippen molar-refractivity contribution in [2.24, 2.45) is 5.73 Å². The van der Waals surface area contributed by atoms with Gasteiger partial charge in [0.05, 0.1) is 13.2 Å². The lowest BCUT2D eigenvalue weighted by Crippen LogP contribution is -2.28. The molecule has 1 aliphatic carbocycles. The van der Waals surface area contributed by atoms with Crippen LogP contribution in [0.25, 0.3) is 0 Å². The maximum absolute atomic E-state index is 13.6. The molecule has 1 aliphatic rings. The second-order valence-electron chi connectivity index (χ2n) is 4.88. The highest BCUT2D eigenvalue weighted by atomic mass is 19.1. The molecule has 0 radical (unpaired) electrons. The van der Waals surface area contributed by atoms with E-state index in [4.69, 9.17) is 15.2 Å². The second kappa shape index (κ2) is 5.13. The first kappa shape index (κ1) is 12.9. The van der Waals surface area contributed by atoms with Crippen LogP contribution in [0.4, 0.5) is 4.39 Å². The van der Waals surface area contributed by atoms with Crippen molar-refractivity contribution in [3.05, 3.63) is 59.4 Å². The summed E-state index contributed by atoms with van der Waals surface area (Å²) in [5.41, 5.74) is 8.34. The molecule has 2 unspecified atom stereocenters. The van der Waals surface area contributed by atoms with Gasteiger partial charge in [0, 0.05) is 6.42 Å². The molecule has 104 valence electrons. The summed E-state index contributed by atoms with van der Waals surface area (Å²) in [5.74, 6) is 0.645. The number of halogens is 1. The minimum Gasteiger partial charge on any atom is -0.497 e. The first-order valence-corrected chi connectivity index (χ1v) is 6.52. The number of rotatable bonds is 3. The van der Waals surface area contributed by atoms with Crippen LogP contribution in [0.15, 0.2) is 42.5 Å². The quantitative estimate of drug-likeness (QED) is 0.935. The summed E-state index contributed by atoms with van der Waals surface area (Å²) in [6.45, 7) is 0. The number of fused-ring (bicyclic) bond motifs is 1. The van der Waals surface area contributed by atoms with E-state index in [1.807, 2.05) is 18.2 Å². The molecule has 3 rings (SSSR count). The van der Waals surface area contributed by atoms with Gasteiger partial charge in [0.25, 0.3) is 0 Å².